The van der Waals surface area contributed by atoms with Gasteiger partial charge in [0, 0.05) is 12.1 Å². The lowest BCUT2D eigenvalue weighted by Crippen LogP contribution is -2.02. The van der Waals surface area contributed by atoms with Crippen molar-refractivity contribution in [1.82, 2.24) is 0 Å². The molecule has 0 N–H and O–H groups in total. The van der Waals surface area contributed by atoms with E-state index in [1.54, 1.807) is 7.11 Å². The topological polar surface area (TPSA) is 57.1 Å². The van der Waals surface area contributed by atoms with Gasteiger partial charge in [-0.05, 0) is 13.8 Å². The van der Waals surface area contributed by atoms with Gasteiger partial charge in [0.05, 0.1) is 19.3 Å². The summed E-state index contributed by atoms with van der Waals surface area (Å²) >= 11 is 0. The van der Waals surface area contributed by atoms with Gasteiger partial charge >= 0.3 is 8.53 Å². The van der Waals surface area contributed by atoms with Crippen LogP contribution in [-0.2, 0) is 13.8 Å². The molecule has 0 bridgehead atoms. The van der Waals surface area contributed by atoms with E-state index >= 15 is 0 Å². The summed E-state index contributed by atoms with van der Waals surface area (Å²) in [5.74, 6) is 0. The lowest BCUT2D eigenvalue weighted by molar-refractivity contribution is 0.134. The Kier molecular flexibility index (Phi) is 7.50. The Morgan fingerprint density at radius 2 is 2.08 bits per heavy atom. The first kappa shape index (κ1) is 11.9. The fraction of sp³-hybridized carbons (Fsp3) is 1.00. The Labute approximate surface area is 73.3 Å². The van der Waals surface area contributed by atoms with E-state index in [-0.39, 0.29) is 6.10 Å². The molecule has 1 unspecified atom stereocenters. The van der Waals surface area contributed by atoms with Gasteiger partial charge in [-0.25, -0.2) is 0 Å². The number of nitroso groups, excluding NO2 is 1. The quantitative estimate of drug-likeness (QED) is 0.354. The van der Waals surface area contributed by atoms with Crippen molar-refractivity contribution in [1.29, 1.82) is 0 Å². The van der Waals surface area contributed by atoms with E-state index in [1.165, 1.54) is 0 Å². The maximum absolute atomic E-state index is 10.1. The highest BCUT2D eigenvalue weighted by Crippen LogP contribution is 2.40. The van der Waals surface area contributed by atoms with Crippen molar-refractivity contribution in [2.75, 3.05) is 20.3 Å². The summed E-state index contributed by atoms with van der Waals surface area (Å²) in [7, 11) is -0.0613. The SMILES string of the molecule is COCCOP(N=O)OC(C)C. The molecule has 0 aromatic carbocycles. The van der Waals surface area contributed by atoms with Gasteiger partial charge < -0.3 is 13.8 Å². The minimum atomic E-state index is -1.62. The van der Waals surface area contributed by atoms with Crippen LogP contribution in [-0.4, -0.2) is 26.4 Å². The van der Waals surface area contributed by atoms with Gasteiger partial charge in [0.25, 0.3) is 0 Å². The smallest absolute Gasteiger partial charge is 0.353 e. The van der Waals surface area contributed by atoms with Crippen LogP contribution in [0.1, 0.15) is 13.8 Å². The van der Waals surface area contributed by atoms with Crippen LogP contribution in [0.5, 0.6) is 0 Å². The number of ether oxygens (including phenoxy) is 1. The van der Waals surface area contributed by atoms with E-state index in [2.05, 4.69) is 4.95 Å². The Hall–Kier alpha value is -0.0900. The normalized spacial score (nSPS) is 13.3. The molecule has 0 saturated heterocycles. The first-order valence-electron chi connectivity index (χ1n) is 3.62. The van der Waals surface area contributed by atoms with E-state index < -0.39 is 8.53 Å². The molecule has 0 saturated carbocycles. The van der Waals surface area contributed by atoms with Gasteiger partial charge in [-0.2, -0.15) is 0 Å². The molecule has 0 aromatic rings. The molecule has 0 radical (unpaired) electrons. The number of nitrogens with zero attached hydrogens (tertiary/aromatic N) is 1. The van der Waals surface area contributed by atoms with Gasteiger partial charge in [0.15, 0.2) is 0 Å². The van der Waals surface area contributed by atoms with E-state index in [1.807, 2.05) is 13.8 Å². The molecule has 72 valence electrons. The van der Waals surface area contributed by atoms with Crippen LogP contribution in [0, 0.1) is 4.91 Å². The van der Waals surface area contributed by atoms with Crippen molar-refractivity contribution >= 4 is 8.53 Å². The molecular weight excluding hydrogens is 181 g/mol. The van der Waals surface area contributed by atoms with Crippen LogP contribution >= 0.6 is 8.53 Å². The third-order valence-electron chi connectivity index (χ3n) is 0.857. The minimum absolute atomic E-state index is 0.0450. The molecule has 5 nitrogen and oxygen atoms in total. The Morgan fingerprint density at radius 1 is 1.42 bits per heavy atom. The number of hydrogen-bond acceptors (Lipinski definition) is 5. The first-order chi connectivity index (χ1) is 5.70. The highest BCUT2D eigenvalue weighted by molar-refractivity contribution is 7.45. The molecule has 0 heterocycles. The van der Waals surface area contributed by atoms with Gasteiger partial charge in [0.2, 0.25) is 0 Å². The molecule has 6 heteroatoms. The third kappa shape index (κ3) is 6.61. The van der Waals surface area contributed by atoms with E-state index in [0.717, 1.165) is 0 Å². The van der Waals surface area contributed by atoms with E-state index in [0.29, 0.717) is 13.2 Å². The van der Waals surface area contributed by atoms with E-state index in [4.69, 9.17) is 13.8 Å². The second kappa shape index (κ2) is 7.55. The summed E-state index contributed by atoms with van der Waals surface area (Å²) in [6.07, 6.45) is -0.0450. The average molecular weight is 195 g/mol. The molecule has 0 spiro atoms. The van der Waals surface area contributed by atoms with Crippen LogP contribution in [0.4, 0.5) is 0 Å². The largest absolute Gasteiger partial charge is 0.382 e. The first-order valence-corrected chi connectivity index (χ1v) is 4.75. The molecule has 0 fully saturated rings. The predicted molar refractivity (Wildman–Crippen MR) is 46.8 cm³/mol. The zero-order chi connectivity index (χ0) is 9.40. The summed E-state index contributed by atoms with van der Waals surface area (Å²) in [6, 6.07) is 0. The summed E-state index contributed by atoms with van der Waals surface area (Å²) in [5, 5.41) is 0. The molecule has 12 heavy (non-hydrogen) atoms. The summed E-state index contributed by atoms with van der Waals surface area (Å²) in [4.78, 5) is 12.8. The van der Waals surface area contributed by atoms with Gasteiger partial charge in [-0.3, -0.25) is 0 Å². The molecule has 0 aliphatic rings. The average Bonchev–Trinajstić information content (AvgIpc) is 2.02. The molecule has 0 rings (SSSR count). The third-order valence-corrected chi connectivity index (χ3v) is 2.00. The predicted octanol–water partition coefficient (Wildman–Crippen LogP) is 2.07. The van der Waals surface area contributed by atoms with E-state index in [9.17, 15) is 4.91 Å². The molecule has 0 aromatic heterocycles. The number of methoxy groups -OCH3 is 1. The second-order valence-electron chi connectivity index (χ2n) is 2.30. The monoisotopic (exact) mass is 195 g/mol. The summed E-state index contributed by atoms with van der Waals surface area (Å²) in [6.45, 7) is 4.41. The lowest BCUT2D eigenvalue weighted by Gasteiger charge is -2.11. The molecule has 0 aliphatic carbocycles. The number of hydrogen-bond donors (Lipinski definition) is 0. The molecular formula is C6H14NO4P. The fourth-order valence-corrected chi connectivity index (χ4v) is 1.19. The maximum Gasteiger partial charge on any atom is 0.353 e. The van der Waals surface area contributed by atoms with Crippen molar-refractivity contribution in [3.8, 4) is 0 Å². The Bertz CT molecular complexity index is 122. The lowest BCUT2D eigenvalue weighted by atomic mass is 10.5. The Morgan fingerprint density at radius 3 is 2.50 bits per heavy atom. The van der Waals surface area contributed by atoms with Crippen LogP contribution in [0.2, 0.25) is 0 Å². The van der Waals surface area contributed by atoms with Crippen molar-refractivity contribution in [3.63, 3.8) is 0 Å². The Balaban J connectivity index is 3.46. The molecule has 0 amide bonds. The van der Waals surface area contributed by atoms with Crippen molar-refractivity contribution in [3.05, 3.63) is 4.91 Å². The van der Waals surface area contributed by atoms with Crippen LogP contribution < -0.4 is 0 Å². The highest BCUT2D eigenvalue weighted by atomic mass is 31.2. The fourth-order valence-electron chi connectivity index (χ4n) is 0.452. The second-order valence-corrected chi connectivity index (χ2v) is 3.41. The number of rotatable bonds is 7. The van der Waals surface area contributed by atoms with Gasteiger partial charge in [-0.15, -0.1) is 4.91 Å². The highest BCUT2D eigenvalue weighted by Gasteiger charge is 2.12. The standard InChI is InChI=1S/C6H14NO4P/c1-6(2)11-12(7-8)10-5-4-9-3/h6H,4-5H2,1-3H3. The van der Waals surface area contributed by atoms with Crippen molar-refractivity contribution in [2.24, 2.45) is 4.95 Å². The zero-order valence-electron chi connectivity index (χ0n) is 7.52. The minimum Gasteiger partial charge on any atom is -0.382 e. The van der Waals surface area contributed by atoms with Crippen LogP contribution in [0.25, 0.3) is 0 Å². The summed E-state index contributed by atoms with van der Waals surface area (Å²) < 4.78 is 14.8. The van der Waals surface area contributed by atoms with Crippen molar-refractivity contribution in [2.45, 2.75) is 20.0 Å². The van der Waals surface area contributed by atoms with Crippen LogP contribution in [0.15, 0.2) is 4.95 Å². The molecule has 0 aliphatic heterocycles. The van der Waals surface area contributed by atoms with Crippen LogP contribution in [0.3, 0.4) is 0 Å². The zero-order valence-corrected chi connectivity index (χ0v) is 8.41. The van der Waals surface area contributed by atoms with Gasteiger partial charge in [-0.1, -0.05) is 0 Å². The molecule has 1 atom stereocenters. The van der Waals surface area contributed by atoms with Crippen molar-refractivity contribution < 1.29 is 13.8 Å². The van der Waals surface area contributed by atoms with Gasteiger partial charge in [0.1, 0.15) is 0 Å². The maximum atomic E-state index is 10.1. The summed E-state index contributed by atoms with van der Waals surface area (Å²) in [5.41, 5.74) is 0.